The van der Waals surface area contributed by atoms with E-state index < -0.39 is 0 Å². The van der Waals surface area contributed by atoms with Crippen molar-refractivity contribution in [1.82, 2.24) is 0 Å². The van der Waals surface area contributed by atoms with Crippen molar-refractivity contribution in [2.45, 2.75) is 19.8 Å². The number of benzene rings is 2. The van der Waals surface area contributed by atoms with Crippen LogP contribution in [-0.2, 0) is 4.79 Å². The Hall–Kier alpha value is -2.66. The average Bonchev–Trinajstić information content (AvgIpc) is 3.20. The number of hydrogen-bond donors (Lipinski definition) is 1. The topological polar surface area (TPSA) is 49.4 Å². The van der Waals surface area contributed by atoms with Crippen molar-refractivity contribution in [2.24, 2.45) is 0 Å². The summed E-state index contributed by atoms with van der Waals surface area (Å²) in [7, 11) is 0. The van der Waals surface area contributed by atoms with Gasteiger partial charge in [-0.15, -0.1) is 11.3 Å². The number of nitrogens with zero attached hydrogens (tertiary/aromatic N) is 1. The Balaban J connectivity index is 1.54. The number of aryl methyl sites for hydroxylation is 1. The van der Waals surface area contributed by atoms with Gasteiger partial charge in [0, 0.05) is 29.0 Å². The molecular formula is C20H18N2O2S. The van der Waals surface area contributed by atoms with Crippen LogP contribution in [0.1, 0.15) is 28.1 Å². The Bertz CT molecular complexity index is 959. The molecule has 0 bridgehead atoms. The zero-order chi connectivity index (χ0) is 17.4. The summed E-state index contributed by atoms with van der Waals surface area (Å²) in [4.78, 5) is 27.0. The number of rotatable bonds is 3. The number of thiophene rings is 1. The van der Waals surface area contributed by atoms with Gasteiger partial charge < -0.3 is 10.2 Å². The molecule has 4 rings (SSSR count). The SMILES string of the molecule is Cc1c(C(=O)Nc2ccc(N3CCCC3=O)cc2)sc2ccccc12. The van der Waals surface area contributed by atoms with Crippen molar-refractivity contribution in [3.05, 3.63) is 59.0 Å². The molecule has 5 heteroatoms. The van der Waals surface area contributed by atoms with Gasteiger partial charge in [0.25, 0.3) is 5.91 Å². The highest BCUT2D eigenvalue weighted by atomic mass is 32.1. The molecule has 1 N–H and O–H groups in total. The molecule has 0 saturated carbocycles. The van der Waals surface area contributed by atoms with E-state index in [1.165, 1.54) is 11.3 Å². The van der Waals surface area contributed by atoms with E-state index in [9.17, 15) is 9.59 Å². The van der Waals surface area contributed by atoms with Crippen LogP contribution in [0.2, 0.25) is 0 Å². The van der Waals surface area contributed by atoms with Gasteiger partial charge in [0.1, 0.15) is 0 Å². The van der Waals surface area contributed by atoms with Crippen LogP contribution in [0.4, 0.5) is 11.4 Å². The molecule has 0 aliphatic carbocycles. The van der Waals surface area contributed by atoms with E-state index in [1.807, 2.05) is 55.5 Å². The molecule has 1 aliphatic heterocycles. The van der Waals surface area contributed by atoms with Crippen LogP contribution in [0, 0.1) is 6.92 Å². The van der Waals surface area contributed by atoms with E-state index >= 15 is 0 Å². The minimum absolute atomic E-state index is 0.0938. The second-order valence-corrected chi connectivity index (χ2v) is 7.25. The molecule has 0 radical (unpaired) electrons. The van der Waals surface area contributed by atoms with Gasteiger partial charge in [0.05, 0.1) is 4.88 Å². The van der Waals surface area contributed by atoms with Crippen molar-refractivity contribution >= 4 is 44.6 Å². The van der Waals surface area contributed by atoms with Gasteiger partial charge >= 0.3 is 0 Å². The van der Waals surface area contributed by atoms with Gasteiger partial charge in [0.2, 0.25) is 5.91 Å². The summed E-state index contributed by atoms with van der Waals surface area (Å²) in [6.45, 7) is 2.75. The minimum atomic E-state index is -0.0938. The van der Waals surface area contributed by atoms with Crippen molar-refractivity contribution in [2.75, 3.05) is 16.8 Å². The lowest BCUT2D eigenvalue weighted by atomic mass is 10.1. The normalized spacial score (nSPS) is 14.3. The smallest absolute Gasteiger partial charge is 0.266 e. The first-order valence-electron chi connectivity index (χ1n) is 8.33. The third-order valence-electron chi connectivity index (χ3n) is 4.56. The zero-order valence-corrected chi connectivity index (χ0v) is 14.7. The van der Waals surface area contributed by atoms with Crippen molar-refractivity contribution in [3.63, 3.8) is 0 Å². The highest BCUT2D eigenvalue weighted by molar-refractivity contribution is 7.21. The monoisotopic (exact) mass is 350 g/mol. The first-order chi connectivity index (χ1) is 12.1. The lowest BCUT2D eigenvalue weighted by Crippen LogP contribution is -2.23. The lowest BCUT2D eigenvalue weighted by molar-refractivity contribution is -0.117. The molecule has 1 fully saturated rings. The van der Waals surface area contributed by atoms with Gasteiger partial charge in [-0.05, 0) is 54.6 Å². The van der Waals surface area contributed by atoms with Crippen LogP contribution >= 0.6 is 11.3 Å². The Kier molecular flexibility index (Phi) is 4.01. The third kappa shape index (κ3) is 2.91. The third-order valence-corrected chi connectivity index (χ3v) is 5.83. The summed E-state index contributed by atoms with van der Waals surface area (Å²) < 4.78 is 1.12. The number of carbonyl (C=O) groups excluding carboxylic acids is 2. The minimum Gasteiger partial charge on any atom is -0.321 e. The maximum atomic E-state index is 12.6. The standard InChI is InChI=1S/C20H18N2O2S/c1-13-16-5-2-3-6-17(16)25-19(13)20(24)21-14-8-10-15(11-9-14)22-12-4-7-18(22)23/h2-3,5-6,8-11H,4,7,12H2,1H3,(H,21,24). The van der Waals surface area contributed by atoms with Crippen LogP contribution in [0.25, 0.3) is 10.1 Å². The zero-order valence-electron chi connectivity index (χ0n) is 13.9. The maximum Gasteiger partial charge on any atom is 0.266 e. The average molecular weight is 350 g/mol. The number of fused-ring (bicyclic) bond motifs is 1. The Morgan fingerprint density at radius 1 is 1.12 bits per heavy atom. The molecule has 2 heterocycles. The lowest BCUT2D eigenvalue weighted by Gasteiger charge is -2.16. The van der Waals surface area contributed by atoms with Gasteiger partial charge in [-0.1, -0.05) is 18.2 Å². The van der Waals surface area contributed by atoms with Gasteiger partial charge in [0.15, 0.2) is 0 Å². The van der Waals surface area contributed by atoms with Gasteiger partial charge in [-0.2, -0.15) is 0 Å². The van der Waals surface area contributed by atoms with E-state index in [0.717, 1.165) is 44.9 Å². The largest absolute Gasteiger partial charge is 0.321 e. The number of hydrogen-bond acceptors (Lipinski definition) is 3. The second kappa shape index (κ2) is 6.33. The van der Waals surface area contributed by atoms with Crippen LogP contribution < -0.4 is 10.2 Å². The van der Waals surface area contributed by atoms with Crippen LogP contribution in [0.5, 0.6) is 0 Å². The number of amides is 2. The fourth-order valence-corrected chi connectivity index (χ4v) is 4.33. The van der Waals surface area contributed by atoms with E-state index in [0.29, 0.717) is 6.42 Å². The van der Waals surface area contributed by atoms with Crippen LogP contribution in [-0.4, -0.2) is 18.4 Å². The Morgan fingerprint density at radius 3 is 2.56 bits per heavy atom. The predicted octanol–water partition coefficient (Wildman–Crippen LogP) is 4.59. The van der Waals surface area contributed by atoms with Crippen LogP contribution in [0.15, 0.2) is 48.5 Å². The summed E-state index contributed by atoms with van der Waals surface area (Å²) in [5, 5.41) is 4.08. The summed E-state index contributed by atoms with van der Waals surface area (Å²) in [5.41, 5.74) is 2.63. The van der Waals surface area contributed by atoms with E-state index in [-0.39, 0.29) is 11.8 Å². The molecule has 126 valence electrons. The Labute approximate surface area is 150 Å². The summed E-state index contributed by atoms with van der Waals surface area (Å²) in [6, 6.07) is 15.5. The molecule has 2 amide bonds. The maximum absolute atomic E-state index is 12.6. The first-order valence-corrected chi connectivity index (χ1v) is 9.15. The molecular weight excluding hydrogens is 332 g/mol. The molecule has 0 atom stereocenters. The fraction of sp³-hybridized carbons (Fsp3) is 0.200. The predicted molar refractivity (Wildman–Crippen MR) is 103 cm³/mol. The van der Waals surface area contributed by atoms with Crippen LogP contribution in [0.3, 0.4) is 0 Å². The van der Waals surface area contributed by atoms with E-state index in [1.54, 1.807) is 4.90 Å². The van der Waals surface area contributed by atoms with Gasteiger partial charge in [-0.25, -0.2) is 0 Å². The molecule has 1 aromatic heterocycles. The molecule has 0 spiro atoms. The van der Waals surface area contributed by atoms with E-state index in [2.05, 4.69) is 5.32 Å². The number of carbonyl (C=O) groups is 2. The molecule has 25 heavy (non-hydrogen) atoms. The van der Waals surface area contributed by atoms with E-state index in [4.69, 9.17) is 0 Å². The molecule has 2 aromatic carbocycles. The summed E-state index contributed by atoms with van der Waals surface area (Å²) in [6.07, 6.45) is 1.52. The highest BCUT2D eigenvalue weighted by Crippen LogP contribution is 2.31. The number of anilines is 2. The molecule has 3 aromatic rings. The Morgan fingerprint density at radius 2 is 1.88 bits per heavy atom. The molecule has 4 nitrogen and oxygen atoms in total. The second-order valence-electron chi connectivity index (χ2n) is 6.20. The highest BCUT2D eigenvalue weighted by Gasteiger charge is 2.21. The first kappa shape index (κ1) is 15.8. The molecule has 1 saturated heterocycles. The van der Waals surface area contributed by atoms with Gasteiger partial charge in [-0.3, -0.25) is 9.59 Å². The van der Waals surface area contributed by atoms with Crippen molar-refractivity contribution < 1.29 is 9.59 Å². The van der Waals surface area contributed by atoms with Crippen molar-refractivity contribution in [1.29, 1.82) is 0 Å². The quantitative estimate of drug-likeness (QED) is 0.751. The molecule has 1 aliphatic rings. The summed E-state index contributed by atoms with van der Waals surface area (Å²) in [5.74, 6) is 0.0707. The molecule has 0 unspecified atom stereocenters. The van der Waals surface area contributed by atoms with Crippen molar-refractivity contribution in [3.8, 4) is 0 Å². The summed E-state index contributed by atoms with van der Waals surface area (Å²) >= 11 is 1.51. The fourth-order valence-electron chi connectivity index (χ4n) is 3.22. The number of nitrogens with one attached hydrogen (secondary N) is 1.